The van der Waals surface area contributed by atoms with E-state index in [9.17, 15) is 0 Å². The van der Waals surface area contributed by atoms with Gasteiger partial charge in [0.1, 0.15) is 0 Å². The Hall–Kier alpha value is -1.34. The van der Waals surface area contributed by atoms with Gasteiger partial charge in [-0.05, 0) is 30.1 Å². The Morgan fingerprint density at radius 1 is 1.33 bits per heavy atom. The van der Waals surface area contributed by atoms with Gasteiger partial charge in [0.25, 0.3) is 0 Å². The lowest BCUT2D eigenvalue weighted by Gasteiger charge is -2.11. The molecule has 0 amide bonds. The van der Waals surface area contributed by atoms with Crippen molar-refractivity contribution in [1.82, 2.24) is 0 Å². The fraction of sp³-hybridized carbons (Fsp3) is 0.438. The van der Waals surface area contributed by atoms with Gasteiger partial charge in [-0.15, -0.1) is 5.73 Å². The first-order valence-electron chi connectivity index (χ1n) is 6.40. The van der Waals surface area contributed by atoms with Crippen molar-refractivity contribution in [3.8, 4) is 0 Å². The summed E-state index contributed by atoms with van der Waals surface area (Å²) in [6.45, 7) is 7.38. The van der Waals surface area contributed by atoms with Crippen LogP contribution in [-0.2, 0) is 11.3 Å². The largest absolute Gasteiger partial charge is 0.375 e. The molecule has 0 aliphatic heterocycles. The van der Waals surface area contributed by atoms with Gasteiger partial charge in [0.2, 0.25) is 0 Å². The minimum Gasteiger partial charge on any atom is -0.375 e. The zero-order valence-electron chi connectivity index (χ0n) is 11.5. The van der Waals surface area contributed by atoms with Crippen LogP contribution in [0.5, 0.6) is 0 Å². The van der Waals surface area contributed by atoms with Crippen LogP contribution in [0, 0.1) is 5.92 Å². The summed E-state index contributed by atoms with van der Waals surface area (Å²) in [7, 11) is 0. The van der Waals surface area contributed by atoms with Crippen LogP contribution in [0.4, 0.5) is 0 Å². The van der Waals surface area contributed by atoms with Gasteiger partial charge in [0.05, 0.1) is 19.3 Å². The van der Waals surface area contributed by atoms with E-state index in [-0.39, 0.29) is 6.04 Å². The first-order valence-corrected chi connectivity index (χ1v) is 6.40. The van der Waals surface area contributed by atoms with Crippen molar-refractivity contribution in [1.29, 1.82) is 0 Å². The normalized spacial score (nSPS) is 12.1. The Morgan fingerprint density at radius 3 is 2.61 bits per heavy atom. The van der Waals surface area contributed by atoms with Crippen molar-refractivity contribution in [3.63, 3.8) is 0 Å². The van der Waals surface area contributed by atoms with E-state index in [1.165, 1.54) is 5.56 Å². The van der Waals surface area contributed by atoms with E-state index >= 15 is 0 Å². The first kappa shape index (κ1) is 14.7. The fourth-order valence-electron chi connectivity index (χ4n) is 1.41. The Balaban J connectivity index is 2.37. The predicted molar refractivity (Wildman–Crippen MR) is 76.2 cm³/mol. The highest BCUT2D eigenvalue weighted by molar-refractivity contribution is 5.13. The van der Waals surface area contributed by atoms with Crippen LogP contribution in [-0.4, -0.2) is 12.6 Å². The molecule has 0 bridgehead atoms. The molecule has 0 aliphatic carbocycles. The van der Waals surface area contributed by atoms with Crippen molar-refractivity contribution in [2.45, 2.75) is 33.4 Å². The van der Waals surface area contributed by atoms with E-state index in [4.69, 9.17) is 10.5 Å². The molecule has 1 aromatic carbocycles. The maximum atomic E-state index is 6.02. The van der Waals surface area contributed by atoms with Crippen LogP contribution < -0.4 is 5.73 Å². The Kier molecular flexibility index (Phi) is 6.45. The van der Waals surface area contributed by atoms with Gasteiger partial charge in [-0.25, -0.2) is 0 Å². The summed E-state index contributed by atoms with van der Waals surface area (Å²) in [5.74, 6) is 0.498. The molecule has 1 atom stereocenters. The molecule has 1 aromatic rings. The number of nitrogens with two attached hydrogens (primary N) is 1. The van der Waals surface area contributed by atoms with Crippen molar-refractivity contribution in [2.75, 3.05) is 6.61 Å². The smallest absolute Gasteiger partial charge is 0.0717 e. The number of hydrogen-bond donors (Lipinski definition) is 1. The van der Waals surface area contributed by atoms with Crippen molar-refractivity contribution in [2.24, 2.45) is 11.7 Å². The highest BCUT2D eigenvalue weighted by Crippen LogP contribution is 2.04. The average Bonchev–Trinajstić information content (AvgIpc) is 2.37. The third-order valence-electron chi connectivity index (χ3n) is 2.61. The second kappa shape index (κ2) is 7.88. The molecule has 1 rings (SSSR count). The van der Waals surface area contributed by atoms with Crippen LogP contribution >= 0.6 is 0 Å². The SMILES string of the molecule is CC(=C=CC(C)C)C(N)COCc1ccccc1. The highest BCUT2D eigenvalue weighted by atomic mass is 16.5. The summed E-state index contributed by atoms with van der Waals surface area (Å²) >= 11 is 0. The monoisotopic (exact) mass is 245 g/mol. The summed E-state index contributed by atoms with van der Waals surface area (Å²) in [6.07, 6.45) is 2.03. The van der Waals surface area contributed by atoms with Crippen LogP contribution in [0.1, 0.15) is 26.3 Å². The number of ether oxygens (including phenoxy) is 1. The lowest BCUT2D eigenvalue weighted by atomic mass is 10.1. The Bertz CT molecular complexity index is 402. The van der Waals surface area contributed by atoms with Crippen LogP contribution in [0.25, 0.3) is 0 Å². The van der Waals surface area contributed by atoms with Crippen LogP contribution in [0.3, 0.4) is 0 Å². The van der Waals surface area contributed by atoms with E-state index in [0.29, 0.717) is 19.1 Å². The van der Waals surface area contributed by atoms with Gasteiger partial charge in [0.15, 0.2) is 0 Å². The van der Waals surface area contributed by atoms with Crippen molar-refractivity contribution < 1.29 is 4.74 Å². The third kappa shape index (κ3) is 5.83. The van der Waals surface area contributed by atoms with Gasteiger partial charge in [-0.2, -0.15) is 0 Å². The quantitative estimate of drug-likeness (QED) is 0.781. The van der Waals surface area contributed by atoms with E-state index < -0.39 is 0 Å². The Morgan fingerprint density at radius 2 is 2.00 bits per heavy atom. The van der Waals surface area contributed by atoms with Gasteiger partial charge in [-0.1, -0.05) is 44.2 Å². The molecule has 0 saturated carbocycles. The maximum Gasteiger partial charge on any atom is 0.0717 e. The highest BCUT2D eigenvalue weighted by Gasteiger charge is 2.04. The fourth-order valence-corrected chi connectivity index (χ4v) is 1.41. The van der Waals surface area contributed by atoms with Gasteiger partial charge < -0.3 is 10.5 Å². The molecule has 98 valence electrons. The number of rotatable bonds is 6. The molecule has 0 saturated heterocycles. The Labute approximate surface area is 110 Å². The van der Waals surface area contributed by atoms with E-state index in [0.717, 1.165) is 5.57 Å². The van der Waals surface area contributed by atoms with Crippen LogP contribution in [0.2, 0.25) is 0 Å². The molecule has 0 spiro atoms. The van der Waals surface area contributed by atoms with Gasteiger partial charge in [0, 0.05) is 0 Å². The lowest BCUT2D eigenvalue weighted by molar-refractivity contribution is 0.114. The molecular formula is C16H23NO. The van der Waals surface area contributed by atoms with E-state index in [1.54, 1.807) is 0 Å². The summed E-state index contributed by atoms with van der Waals surface area (Å²) in [5.41, 5.74) is 11.4. The minimum atomic E-state index is -0.0799. The summed E-state index contributed by atoms with van der Waals surface area (Å²) < 4.78 is 5.61. The predicted octanol–water partition coefficient (Wildman–Crippen LogP) is 3.29. The second-order valence-corrected chi connectivity index (χ2v) is 4.85. The van der Waals surface area contributed by atoms with E-state index in [2.05, 4.69) is 19.6 Å². The average molecular weight is 245 g/mol. The lowest BCUT2D eigenvalue weighted by Crippen LogP contribution is -2.27. The molecule has 0 aromatic heterocycles. The second-order valence-electron chi connectivity index (χ2n) is 4.85. The molecule has 0 aliphatic rings. The molecular weight excluding hydrogens is 222 g/mol. The zero-order chi connectivity index (χ0) is 13.4. The topological polar surface area (TPSA) is 35.2 Å². The van der Waals surface area contributed by atoms with Gasteiger partial charge >= 0.3 is 0 Å². The number of hydrogen-bond acceptors (Lipinski definition) is 2. The van der Waals surface area contributed by atoms with Crippen molar-refractivity contribution in [3.05, 3.63) is 53.3 Å². The molecule has 0 fully saturated rings. The molecule has 2 N–H and O–H groups in total. The zero-order valence-corrected chi connectivity index (χ0v) is 11.5. The van der Waals surface area contributed by atoms with Crippen LogP contribution in [0.15, 0.2) is 47.7 Å². The number of benzene rings is 1. The molecule has 0 heterocycles. The van der Waals surface area contributed by atoms with Crippen molar-refractivity contribution >= 4 is 0 Å². The molecule has 1 unspecified atom stereocenters. The maximum absolute atomic E-state index is 6.02. The standard InChI is InChI=1S/C16H23NO/c1-13(2)9-10-14(3)16(17)12-18-11-15-7-5-4-6-8-15/h4-9,13,16H,11-12,17H2,1-3H3. The minimum absolute atomic E-state index is 0.0799. The third-order valence-corrected chi connectivity index (χ3v) is 2.61. The molecule has 2 nitrogen and oxygen atoms in total. The first-order chi connectivity index (χ1) is 8.59. The summed E-state index contributed by atoms with van der Waals surface area (Å²) in [5, 5.41) is 0. The van der Waals surface area contributed by atoms with Gasteiger partial charge in [-0.3, -0.25) is 0 Å². The summed E-state index contributed by atoms with van der Waals surface area (Å²) in [6, 6.07) is 10.0. The molecule has 18 heavy (non-hydrogen) atoms. The molecule has 2 heteroatoms. The summed E-state index contributed by atoms with van der Waals surface area (Å²) in [4.78, 5) is 0. The van der Waals surface area contributed by atoms with E-state index in [1.807, 2.05) is 43.3 Å². The molecule has 0 radical (unpaired) electrons.